The maximum atomic E-state index is 12.1. The van der Waals surface area contributed by atoms with Crippen LogP contribution in [0.4, 0.5) is 23.0 Å². The normalized spacial score (nSPS) is 11.8. The Morgan fingerprint density at radius 1 is 1.02 bits per heavy atom. The molecule has 45 heavy (non-hydrogen) atoms. The van der Waals surface area contributed by atoms with Gasteiger partial charge in [-0.05, 0) is 66.4 Å². The van der Waals surface area contributed by atoms with Gasteiger partial charge >= 0.3 is 5.97 Å². The number of hydrogen-bond donors (Lipinski definition) is 5. The van der Waals surface area contributed by atoms with Crippen LogP contribution in [0.5, 0.6) is 5.75 Å². The zero-order chi connectivity index (χ0) is 32.6. The monoisotopic (exact) mass is 720 g/mol. The van der Waals surface area contributed by atoms with Crippen LogP contribution >= 0.6 is 47.7 Å². The number of hydrogen-bond acceptors (Lipinski definition) is 20. The minimum absolute atomic E-state index is 0.00230. The number of aryl methyl sites for hydroxylation is 1. The number of phenols is 1. The van der Waals surface area contributed by atoms with Crippen LogP contribution in [0.3, 0.4) is 0 Å². The molecule has 0 aliphatic carbocycles. The number of aromatic nitrogens is 3. The third-order valence-electron chi connectivity index (χ3n) is 5.13. The van der Waals surface area contributed by atoms with E-state index in [4.69, 9.17) is 26.3 Å². The number of azo groups is 1. The fraction of sp³-hybridized carbons (Fsp3) is 0.0909. The number of carbonyl (C=O) groups excluding carboxylic acids is 1. The first-order valence-corrected chi connectivity index (χ1v) is 15.8. The number of fused-ring (bicyclic) bond motifs is 1. The summed E-state index contributed by atoms with van der Waals surface area (Å²) >= 11 is 7.60. The third-order valence-corrected chi connectivity index (χ3v) is 7.99. The number of carbonyl (C=O) groups is 1. The minimum Gasteiger partial charge on any atom is -0.505 e. The molecular formula is C22H17ClN6O12S4. The van der Waals surface area contributed by atoms with Crippen molar-refractivity contribution in [1.82, 2.24) is 15.0 Å². The SMILES string of the molecule is Cc1nc(Cl)nc(Nc2cc(S(=O)(=O)O)cc3cc(SOOO)c(N=Nc4ccc(SOC(=O)CSOOO)cc4)c(O)c23)n1. The molecule has 1 aromatic heterocycles. The summed E-state index contributed by atoms with van der Waals surface area (Å²) in [7, 11) is -4.74. The zero-order valence-corrected chi connectivity index (χ0v) is 26.1. The number of benzene rings is 3. The van der Waals surface area contributed by atoms with Gasteiger partial charge in [0.1, 0.15) is 17.3 Å². The van der Waals surface area contributed by atoms with Crippen molar-refractivity contribution in [3.8, 4) is 5.75 Å². The first-order chi connectivity index (χ1) is 21.5. The van der Waals surface area contributed by atoms with E-state index in [1.54, 1.807) is 12.1 Å². The Balaban J connectivity index is 1.71. The molecule has 238 valence electrons. The van der Waals surface area contributed by atoms with Crippen molar-refractivity contribution in [2.45, 2.75) is 21.6 Å². The second-order valence-electron chi connectivity index (χ2n) is 8.08. The van der Waals surface area contributed by atoms with Crippen molar-refractivity contribution in [2.75, 3.05) is 11.1 Å². The summed E-state index contributed by atoms with van der Waals surface area (Å²) in [6.45, 7) is 1.54. The summed E-state index contributed by atoms with van der Waals surface area (Å²) in [6.07, 6.45) is 0. The molecule has 0 spiro atoms. The molecule has 0 bridgehead atoms. The molecule has 0 saturated heterocycles. The van der Waals surface area contributed by atoms with Gasteiger partial charge in [0.15, 0.2) is 5.75 Å². The number of phenolic OH excluding ortho intramolecular Hbond substituents is 1. The summed E-state index contributed by atoms with van der Waals surface area (Å²) in [6, 6.07) is 9.59. The lowest BCUT2D eigenvalue weighted by molar-refractivity contribution is -0.432. The second kappa shape index (κ2) is 15.7. The molecule has 0 unspecified atom stereocenters. The molecule has 18 nitrogen and oxygen atoms in total. The number of aromatic hydroxyl groups is 1. The highest BCUT2D eigenvalue weighted by atomic mass is 35.5. The molecule has 1 heterocycles. The standard InChI is InChI=1S/C22H17ClN6O12S4/c1-10-24-21(23)27-22(25-10)26-15-8-14(45(34,35)36)6-11-7-16(44-41-39-33)19(20(31)18(11)15)29-28-12-2-4-13(5-3-12)43-37-17(30)9-42-40-38-32/h2-8,31-33H,9H2,1H3,(H,34,35,36)(H,24,25,26,27). The fourth-order valence-electron chi connectivity index (χ4n) is 3.43. The maximum absolute atomic E-state index is 12.1. The van der Waals surface area contributed by atoms with E-state index in [2.05, 4.69) is 49.2 Å². The van der Waals surface area contributed by atoms with Gasteiger partial charge in [-0.15, -0.1) is 13.8 Å². The molecule has 23 heteroatoms. The fourth-order valence-corrected chi connectivity index (χ4v) is 5.49. The van der Waals surface area contributed by atoms with Crippen molar-refractivity contribution in [2.24, 2.45) is 10.2 Å². The molecule has 0 aliphatic heterocycles. The molecule has 0 atom stereocenters. The van der Waals surface area contributed by atoms with Gasteiger partial charge < -0.3 is 14.6 Å². The lowest BCUT2D eigenvalue weighted by Crippen LogP contribution is -2.04. The van der Waals surface area contributed by atoms with E-state index in [-0.39, 0.29) is 49.9 Å². The Kier molecular flexibility index (Phi) is 12.1. The molecule has 3 aromatic carbocycles. The highest BCUT2D eigenvalue weighted by Crippen LogP contribution is 2.47. The highest BCUT2D eigenvalue weighted by Gasteiger charge is 2.22. The Morgan fingerprint density at radius 3 is 2.42 bits per heavy atom. The van der Waals surface area contributed by atoms with E-state index in [1.165, 1.54) is 25.1 Å². The van der Waals surface area contributed by atoms with Gasteiger partial charge in [0, 0.05) is 22.3 Å². The van der Waals surface area contributed by atoms with E-state index in [9.17, 15) is 22.9 Å². The number of rotatable bonds is 14. The van der Waals surface area contributed by atoms with Gasteiger partial charge in [0.2, 0.25) is 11.2 Å². The Labute approximate surface area is 270 Å². The van der Waals surface area contributed by atoms with Gasteiger partial charge in [0.05, 0.1) is 45.3 Å². The van der Waals surface area contributed by atoms with Crippen LogP contribution in [0.25, 0.3) is 10.8 Å². The topological polar surface area (TPSA) is 254 Å². The number of anilines is 2. The predicted octanol–water partition coefficient (Wildman–Crippen LogP) is 6.15. The highest BCUT2D eigenvalue weighted by molar-refractivity contribution is 7.96. The quantitative estimate of drug-likeness (QED) is 0.0244. The van der Waals surface area contributed by atoms with E-state index in [1.807, 2.05) is 0 Å². The molecule has 4 aromatic rings. The molecule has 0 radical (unpaired) electrons. The molecule has 0 saturated carbocycles. The lowest BCUT2D eigenvalue weighted by Gasteiger charge is -2.15. The summed E-state index contributed by atoms with van der Waals surface area (Å²) < 4.78 is 47.5. The van der Waals surface area contributed by atoms with Crippen molar-refractivity contribution in [3.05, 3.63) is 53.6 Å². The first kappa shape index (κ1) is 34.5. The summed E-state index contributed by atoms with van der Waals surface area (Å²) in [4.78, 5) is 23.5. The van der Waals surface area contributed by atoms with Crippen LogP contribution in [-0.4, -0.2) is 55.3 Å². The van der Waals surface area contributed by atoms with E-state index >= 15 is 0 Å². The Morgan fingerprint density at radius 2 is 1.76 bits per heavy atom. The van der Waals surface area contributed by atoms with E-state index in [0.29, 0.717) is 34.7 Å². The van der Waals surface area contributed by atoms with Gasteiger partial charge in [-0.3, -0.25) is 9.35 Å². The molecule has 4 rings (SSSR count). The Hall–Kier alpha value is -3.39. The summed E-state index contributed by atoms with van der Waals surface area (Å²) in [5.41, 5.74) is 0.0206. The predicted molar refractivity (Wildman–Crippen MR) is 159 cm³/mol. The van der Waals surface area contributed by atoms with Crippen molar-refractivity contribution >= 4 is 97.6 Å². The molecular weight excluding hydrogens is 704 g/mol. The average Bonchev–Trinajstić information content (AvgIpc) is 2.98. The molecule has 0 amide bonds. The van der Waals surface area contributed by atoms with Crippen LogP contribution in [0.1, 0.15) is 5.82 Å². The van der Waals surface area contributed by atoms with Crippen LogP contribution in [0.2, 0.25) is 5.28 Å². The summed E-state index contributed by atoms with van der Waals surface area (Å²) in [5, 5.41) is 46.1. The second-order valence-corrected chi connectivity index (χ2v) is 12.0. The maximum Gasteiger partial charge on any atom is 0.330 e. The molecule has 0 aliphatic rings. The number of nitrogens with one attached hydrogen (secondary N) is 1. The van der Waals surface area contributed by atoms with Crippen LogP contribution in [-0.2, 0) is 37.8 Å². The third kappa shape index (κ3) is 9.55. The number of halogens is 1. The lowest BCUT2D eigenvalue weighted by atomic mass is 10.1. The van der Waals surface area contributed by atoms with Crippen LogP contribution < -0.4 is 5.32 Å². The van der Waals surface area contributed by atoms with E-state index in [0.717, 1.165) is 24.2 Å². The van der Waals surface area contributed by atoms with Crippen molar-refractivity contribution in [1.29, 1.82) is 0 Å². The molecule has 0 fully saturated rings. The van der Waals surface area contributed by atoms with Crippen LogP contribution in [0.15, 0.2) is 67.4 Å². The van der Waals surface area contributed by atoms with Gasteiger partial charge in [-0.2, -0.15) is 23.5 Å². The minimum atomic E-state index is -4.74. The first-order valence-electron chi connectivity index (χ1n) is 11.6. The largest absolute Gasteiger partial charge is 0.505 e. The average molecular weight is 721 g/mol. The zero-order valence-electron chi connectivity index (χ0n) is 22.1. The van der Waals surface area contributed by atoms with Gasteiger partial charge in [-0.25, -0.2) is 15.5 Å². The van der Waals surface area contributed by atoms with Crippen LogP contribution in [0, 0.1) is 6.92 Å². The van der Waals surface area contributed by atoms with Gasteiger partial charge in [-0.1, -0.05) is 10.1 Å². The van der Waals surface area contributed by atoms with Crippen molar-refractivity contribution < 1.29 is 56.3 Å². The smallest absolute Gasteiger partial charge is 0.330 e. The van der Waals surface area contributed by atoms with Crippen molar-refractivity contribution in [3.63, 3.8) is 0 Å². The molecule has 5 N–H and O–H groups in total. The van der Waals surface area contributed by atoms with E-state index < -0.39 is 26.7 Å². The Bertz CT molecular complexity index is 1820. The van der Waals surface area contributed by atoms with Gasteiger partial charge in [0.25, 0.3) is 10.1 Å². The number of nitrogens with zero attached hydrogens (tertiary/aromatic N) is 5. The summed E-state index contributed by atoms with van der Waals surface area (Å²) in [5.74, 6) is -1.32.